The monoisotopic (exact) mass is 233 g/mol. The number of aryl methyl sites for hydroxylation is 1. The van der Waals surface area contributed by atoms with Crippen LogP contribution in [0.1, 0.15) is 12.0 Å². The first kappa shape index (κ1) is 12.1. The summed E-state index contributed by atoms with van der Waals surface area (Å²) < 4.78 is 5.36. The second kappa shape index (κ2) is 5.32. The molecule has 1 unspecified atom stereocenters. The van der Waals surface area contributed by atoms with E-state index >= 15 is 0 Å². The van der Waals surface area contributed by atoms with Crippen LogP contribution < -0.4 is 4.90 Å². The van der Waals surface area contributed by atoms with Gasteiger partial charge in [0.1, 0.15) is 5.78 Å². The number of nitrogens with zero attached hydrogens (tertiary/aromatic N) is 1. The van der Waals surface area contributed by atoms with E-state index in [1.165, 1.54) is 5.56 Å². The van der Waals surface area contributed by atoms with Crippen LogP contribution in [0.3, 0.4) is 0 Å². The topological polar surface area (TPSA) is 29.5 Å². The van der Waals surface area contributed by atoms with Gasteiger partial charge in [0, 0.05) is 25.7 Å². The third-order valence-electron chi connectivity index (χ3n) is 3.24. The van der Waals surface area contributed by atoms with E-state index in [1.807, 2.05) is 7.05 Å². The van der Waals surface area contributed by atoms with Gasteiger partial charge in [0.25, 0.3) is 0 Å². The van der Waals surface area contributed by atoms with E-state index in [-0.39, 0.29) is 5.92 Å². The number of carbonyl (C=O) groups excluding carboxylic acids is 1. The number of carbonyl (C=O) groups is 1. The molecule has 2 rings (SSSR count). The molecule has 3 heteroatoms. The number of benzene rings is 1. The lowest BCUT2D eigenvalue weighted by Gasteiger charge is -2.27. The molecule has 0 spiro atoms. The number of hydrogen-bond donors (Lipinski definition) is 0. The second-order valence-corrected chi connectivity index (χ2v) is 4.70. The smallest absolute Gasteiger partial charge is 0.142 e. The summed E-state index contributed by atoms with van der Waals surface area (Å²) in [5.74, 6) is 0.352. The molecule has 1 atom stereocenters. The lowest BCUT2D eigenvalue weighted by atomic mass is 10.00. The maximum absolute atomic E-state index is 11.7. The molecule has 0 aliphatic carbocycles. The highest BCUT2D eigenvalue weighted by Crippen LogP contribution is 2.17. The first-order chi connectivity index (χ1) is 8.16. The Morgan fingerprint density at radius 3 is 2.71 bits per heavy atom. The summed E-state index contributed by atoms with van der Waals surface area (Å²) in [6.45, 7) is 3.96. The number of ketones is 1. The summed E-state index contributed by atoms with van der Waals surface area (Å²) >= 11 is 0. The van der Waals surface area contributed by atoms with Gasteiger partial charge < -0.3 is 9.64 Å². The molecule has 0 bridgehead atoms. The molecule has 17 heavy (non-hydrogen) atoms. The Balaban J connectivity index is 1.98. The van der Waals surface area contributed by atoms with Crippen LogP contribution in [-0.2, 0) is 9.53 Å². The minimum atomic E-state index is 0.0232. The highest BCUT2D eigenvalue weighted by atomic mass is 16.5. The standard InChI is InChI=1S/C14H19NO2/c1-11-3-5-13(6-4-11)15(2)9-12-10-17-8-7-14(12)16/h3-6,12H,7-10H2,1-2H3. The molecule has 0 saturated carbocycles. The zero-order valence-corrected chi connectivity index (χ0v) is 10.5. The average molecular weight is 233 g/mol. The molecule has 1 aliphatic heterocycles. The summed E-state index contributed by atoms with van der Waals surface area (Å²) in [5.41, 5.74) is 2.40. The maximum atomic E-state index is 11.7. The van der Waals surface area contributed by atoms with E-state index in [4.69, 9.17) is 4.74 Å². The van der Waals surface area contributed by atoms with Gasteiger partial charge in [0.2, 0.25) is 0 Å². The van der Waals surface area contributed by atoms with Crippen molar-refractivity contribution >= 4 is 11.5 Å². The van der Waals surface area contributed by atoms with Crippen molar-refractivity contribution < 1.29 is 9.53 Å². The third-order valence-corrected chi connectivity index (χ3v) is 3.24. The van der Waals surface area contributed by atoms with Crippen LogP contribution in [0, 0.1) is 12.8 Å². The van der Waals surface area contributed by atoms with Crippen molar-refractivity contribution in [2.45, 2.75) is 13.3 Å². The van der Waals surface area contributed by atoms with Crippen molar-refractivity contribution in [1.29, 1.82) is 0 Å². The molecule has 0 N–H and O–H groups in total. The van der Waals surface area contributed by atoms with Gasteiger partial charge in [-0.3, -0.25) is 4.79 Å². The molecule has 0 amide bonds. The highest BCUT2D eigenvalue weighted by Gasteiger charge is 2.24. The molecule has 1 heterocycles. The highest BCUT2D eigenvalue weighted by molar-refractivity contribution is 5.82. The molecule has 1 saturated heterocycles. The van der Waals surface area contributed by atoms with E-state index in [1.54, 1.807) is 0 Å². The third kappa shape index (κ3) is 3.07. The molecule has 0 radical (unpaired) electrons. The maximum Gasteiger partial charge on any atom is 0.142 e. The van der Waals surface area contributed by atoms with Gasteiger partial charge in [-0.2, -0.15) is 0 Å². The molecule has 1 fully saturated rings. The molecule has 3 nitrogen and oxygen atoms in total. The Labute approximate surface area is 102 Å². The lowest BCUT2D eigenvalue weighted by Crippen LogP contribution is -2.36. The first-order valence-corrected chi connectivity index (χ1v) is 6.05. The molecule has 0 aromatic heterocycles. The zero-order chi connectivity index (χ0) is 12.3. The Kier molecular flexibility index (Phi) is 3.79. The second-order valence-electron chi connectivity index (χ2n) is 4.70. The number of ether oxygens (including phenoxy) is 1. The molecular formula is C14H19NO2. The van der Waals surface area contributed by atoms with E-state index in [9.17, 15) is 4.79 Å². The fourth-order valence-electron chi connectivity index (χ4n) is 2.09. The summed E-state index contributed by atoms with van der Waals surface area (Å²) in [4.78, 5) is 13.8. The average Bonchev–Trinajstić information content (AvgIpc) is 2.33. The van der Waals surface area contributed by atoms with E-state index < -0.39 is 0 Å². The molecule has 1 aromatic carbocycles. The van der Waals surface area contributed by atoms with Crippen molar-refractivity contribution in [3.63, 3.8) is 0 Å². The predicted molar refractivity (Wildman–Crippen MR) is 68.4 cm³/mol. The number of hydrogen-bond acceptors (Lipinski definition) is 3. The minimum absolute atomic E-state index is 0.0232. The Morgan fingerprint density at radius 2 is 2.06 bits per heavy atom. The molecule has 92 valence electrons. The normalized spacial score (nSPS) is 20.4. The van der Waals surface area contributed by atoms with Crippen LogP contribution >= 0.6 is 0 Å². The van der Waals surface area contributed by atoms with Crippen molar-refractivity contribution in [3.8, 4) is 0 Å². The summed E-state index contributed by atoms with van der Waals surface area (Å²) in [6.07, 6.45) is 0.562. The number of anilines is 1. The number of rotatable bonds is 3. The van der Waals surface area contributed by atoms with E-state index in [0.717, 1.165) is 12.2 Å². The molecular weight excluding hydrogens is 214 g/mol. The fraction of sp³-hybridized carbons (Fsp3) is 0.500. The van der Waals surface area contributed by atoms with Gasteiger partial charge in [0.05, 0.1) is 19.1 Å². The summed E-state index contributed by atoms with van der Waals surface area (Å²) in [7, 11) is 2.02. The van der Waals surface area contributed by atoms with Gasteiger partial charge in [-0.05, 0) is 19.1 Å². The predicted octanol–water partition coefficient (Wildman–Crippen LogP) is 2.04. The summed E-state index contributed by atoms with van der Waals surface area (Å²) in [6, 6.07) is 8.35. The summed E-state index contributed by atoms with van der Waals surface area (Å²) in [5, 5.41) is 0. The minimum Gasteiger partial charge on any atom is -0.380 e. The van der Waals surface area contributed by atoms with Gasteiger partial charge in [-0.25, -0.2) is 0 Å². The van der Waals surface area contributed by atoms with Crippen molar-refractivity contribution in [2.24, 2.45) is 5.92 Å². The largest absolute Gasteiger partial charge is 0.380 e. The Hall–Kier alpha value is -1.35. The van der Waals surface area contributed by atoms with Crippen LogP contribution in [-0.4, -0.2) is 32.6 Å². The zero-order valence-electron chi connectivity index (χ0n) is 10.5. The fourth-order valence-corrected chi connectivity index (χ4v) is 2.09. The van der Waals surface area contributed by atoms with Crippen LogP contribution in [0.15, 0.2) is 24.3 Å². The van der Waals surface area contributed by atoms with Crippen LogP contribution in [0.5, 0.6) is 0 Å². The van der Waals surface area contributed by atoms with Gasteiger partial charge in [0.15, 0.2) is 0 Å². The van der Waals surface area contributed by atoms with Gasteiger partial charge in [-0.1, -0.05) is 17.7 Å². The van der Waals surface area contributed by atoms with E-state index in [2.05, 4.69) is 36.1 Å². The SMILES string of the molecule is Cc1ccc(N(C)CC2COCCC2=O)cc1. The Bertz CT molecular complexity index is 386. The van der Waals surface area contributed by atoms with Gasteiger partial charge in [-0.15, -0.1) is 0 Å². The quantitative estimate of drug-likeness (QED) is 0.800. The molecule has 1 aliphatic rings. The van der Waals surface area contributed by atoms with Gasteiger partial charge >= 0.3 is 0 Å². The van der Waals surface area contributed by atoms with E-state index in [0.29, 0.717) is 25.4 Å². The number of Topliss-reactive ketones (excluding diaryl/α,β-unsaturated/α-hetero) is 1. The lowest BCUT2D eigenvalue weighted by molar-refractivity contribution is -0.129. The van der Waals surface area contributed by atoms with Crippen LogP contribution in [0.4, 0.5) is 5.69 Å². The molecule has 1 aromatic rings. The first-order valence-electron chi connectivity index (χ1n) is 6.05. The Morgan fingerprint density at radius 1 is 1.35 bits per heavy atom. The van der Waals surface area contributed by atoms with Crippen molar-refractivity contribution in [2.75, 3.05) is 31.7 Å². The van der Waals surface area contributed by atoms with Crippen molar-refractivity contribution in [3.05, 3.63) is 29.8 Å². The van der Waals surface area contributed by atoms with Crippen molar-refractivity contribution in [1.82, 2.24) is 0 Å². The van der Waals surface area contributed by atoms with Crippen LogP contribution in [0.2, 0.25) is 0 Å². The van der Waals surface area contributed by atoms with Crippen LogP contribution in [0.25, 0.3) is 0 Å².